The Morgan fingerprint density at radius 3 is 2.50 bits per heavy atom. The van der Waals surface area contributed by atoms with E-state index in [1.165, 1.54) is 19.3 Å². The number of amides is 1. The van der Waals surface area contributed by atoms with Crippen LogP contribution in [0.25, 0.3) is 0 Å². The van der Waals surface area contributed by atoms with Crippen LogP contribution in [-0.4, -0.2) is 36.9 Å². The number of hydrogen-bond acceptors (Lipinski definition) is 3. The van der Waals surface area contributed by atoms with Crippen molar-refractivity contribution in [1.82, 2.24) is 5.32 Å². The SMILES string of the molecule is CC.O=C(COCCO)NC1CCCCC1. The molecule has 1 fully saturated rings. The van der Waals surface area contributed by atoms with Crippen LogP contribution in [0, 0.1) is 0 Å². The smallest absolute Gasteiger partial charge is 0.246 e. The summed E-state index contributed by atoms with van der Waals surface area (Å²) in [6.07, 6.45) is 5.88. The van der Waals surface area contributed by atoms with Gasteiger partial charge in [0, 0.05) is 6.04 Å². The number of aliphatic hydroxyl groups is 1. The van der Waals surface area contributed by atoms with Crippen LogP contribution in [0.3, 0.4) is 0 Å². The average Bonchev–Trinajstić information content (AvgIpc) is 2.33. The quantitative estimate of drug-likeness (QED) is 0.704. The van der Waals surface area contributed by atoms with Crippen molar-refractivity contribution in [3.05, 3.63) is 0 Å². The molecule has 4 nitrogen and oxygen atoms in total. The molecule has 0 unspecified atom stereocenters. The lowest BCUT2D eigenvalue weighted by Crippen LogP contribution is -2.38. The highest BCUT2D eigenvalue weighted by Gasteiger charge is 2.15. The summed E-state index contributed by atoms with van der Waals surface area (Å²) in [6.45, 7) is 4.27. The number of carbonyl (C=O) groups excluding carboxylic acids is 1. The summed E-state index contributed by atoms with van der Waals surface area (Å²) in [5.74, 6) is -0.0645. The summed E-state index contributed by atoms with van der Waals surface area (Å²) in [6, 6.07) is 0.342. The third-order valence-electron chi connectivity index (χ3n) is 2.44. The van der Waals surface area contributed by atoms with Gasteiger partial charge in [-0.25, -0.2) is 0 Å². The van der Waals surface area contributed by atoms with Crippen molar-refractivity contribution in [2.45, 2.75) is 52.0 Å². The van der Waals surface area contributed by atoms with Gasteiger partial charge in [0.05, 0.1) is 13.2 Å². The van der Waals surface area contributed by atoms with Gasteiger partial charge in [-0.2, -0.15) is 0 Å². The minimum atomic E-state index is -0.0645. The van der Waals surface area contributed by atoms with Gasteiger partial charge in [-0.1, -0.05) is 33.1 Å². The van der Waals surface area contributed by atoms with Gasteiger partial charge in [-0.05, 0) is 12.8 Å². The zero-order valence-electron chi connectivity index (χ0n) is 10.5. The van der Waals surface area contributed by atoms with E-state index in [-0.39, 0.29) is 25.7 Å². The second kappa shape index (κ2) is 10.9. The van der Waals surface area contributed by atoms with Crippen molar-refractivity contribution >= 4 is 5.91 Å². The first-order chi connectivity index (χ1) is 7.83. The molecule has 1 aliphatic carbocycles. The van der Waals surface area contributed by atoms with E-state index < -0.39 is 0 Å². The summed E-state index contributed by atoms with van der Waals surface area (Å²) in [4.78, 5) is 11.3. The van der Waals surface area contributed by atoms with Crippen LogP contribution in [0.2, 0.25) is 0 Å². The predicted octanol–water partition coefficient (Wildman–Crippen LogP) is 1.47. The zero-order chi connectivity index (χ0) is 12.2. The molecule has 0 atom stereocenters. The normalized spacial score (nSPS) is 16.2. The minimum Gasteiger partial charge on any atom is -0.394 e. The summed E-state index contributed by atoms with van der Waals surface area (Å²) in [5.41, 5.74) is 0. The maximum atomic E-state index is 11.3. The molecule has 0 radical (unpaired) electrons. The minimum absolute atomic E-state index is 0.0310. The molecule has 4 heteroatoms. The fourth-order valence-electron chi connectivity index (χ4n) is 1.75. The zero-order valence-corrected chi connectivity index (χ0v) is 10.5. The molecule has 0 bridgehead atoms. The van der Waals surface area contributed by atoms with E-state index in [1.54, 1.807) is 0 Å². The molecule has 0 aromatic heterocycles. The van der Waals surface area contributed by atoms with Crippen molar-refractivity contribution in [3.63, 3.8) is 0 Å². The van der Waals surface area contributed by atoms with Crippen molar-refractivity contribution in [2.75, 3.05) is 19.8 Å². The highest BCUT2D eigenvalue weighted by atomic mass is 16.5. The number of carbonyl (C=O) groups is 1. The maximum absolute atomic E-state index is 11.3. The van der Waals surface area contributed by atoms with Crippen LogP contribution in [0.15, 0.2) is 0 Å². The molecule has 0 spiro atoms. The lowest BCUT2D eigenvalue weighted by atomic mass is 9.95. The third kappa shape index (κ3) is 7.65. The fourth-order valence-corrected chi connectivity index (χ4v) is 1.75. The van der Waals surface area contributed by atoms with Crippen molar-refractivity contribution in [1.29, 1.82) is 0 Å². The molecule has 0 heterocycles. The van der Waals surface area contributed by atoms with Gasteiger partial charge in [-0.15, -0.1) is 0 Å². The molecule has 16 heavy (non-hydrogen) atoms. The van der Waals surface area contributed by atoms with Gasteiger partial charge in [0.2, 0.25) is 5.91 Å². The van der Waals surface area contributed by atoms with Gasteiger partial charge in [-0.3, -0.25) is 4.79 Å². The molecular weight excluding hydrogens is 206 g/mol. The Bertz CT molecular complexity index is 168. The van der Waals surface area contributed by atoms with E-state index in [1.807, 2.05) is 13.8 Å². The number of nitrogens with one attached hydrogen (secondary N) is 1. The van der Waals surface area contributed by atoms with Crippen molar-refractivity contribution in [3.8, 4) is 0 Å². The largest absolute Gasteiger partial charge is 0.394 e. The Labute approximate surface area is 98.4 Å². The number of aliphatic hydroxyl groups excluding tert-OH is 1. The molecule has 96 valence electrons. The lowest BCUT2D eigenvalue weighted by Gasteiger charge is -2.22. The Morgan fingerprint density at radius 1 is 1.31 bits per heavy atom. The second-order valence-corrected chi connectivity index (χ2v) is 3.68. The molecule has 1 aliphatic rings. The van der Waals surface area contributed by atoms with Gasteiger partial charge in [0.1, 0.15) is 6.61 Å². The monoisotopic (exact) mass is 231 g/mol. The Balaban J connectivity index is 0.00000106. The van der Waals surface area contributed by atoms with E-state index in [4.69, 9.17) is 9.84 Å². The maximum Gasteiger partial charge on any atom is 0.246 e. The van der Waals surface area contributed by atoms with Gasteiger partial charge >= 0.3 is 0 Å². The number of hydrogen-bond donors (Lipinski definition) is 2. The highest BCUT2D eigenvalue weighted by molar-refractivity contribution is 5.77. The summed E-state index contributed by atoms with van der Waals surface area (Å²) >= 11 is 0. The summed E-state index contributed by atoms with van der Waals surface area (Å²) < 4.78 is 4.92. The first kappa shape index (κ1) is 15.4. The lowest BCUT2D eigenvalue weighted by molar-refractivity contribution is -0.126. The van der Waals surface area contributed by atoms with Crippen LogP contribution in [0.4, 0.5) is 0 Å². The topological polar surface area (TPSA) is 58.6 Å². The first-order valence-electron chi connectivity index (χ1n) is 6.31. The standard InChI is InChI=1S/C10H19NO3.C2H6/c12-6-7-14-8-10(13)11-9-4-2-1-3-5-9;1-2/h9,12H,1-8H2,(H,11,13);1-2H3. The molecule has 0 aromatic rings. The average molecular weight is 231 g/mol. The number of rotatable bonds is 5. The summed E-state index contributed by atoms with van der Waals surface area (Å²) in [7, 11) is 0. The van der Waals surface area contributed by atoms with Crippen molar-refractivity contribution < 1.29 is 14.6 Å². The third-order valence-corrected chi connectivity index (χ3v) is 2.44. The number of ether oxygens (including phenoxy) is 1. The Kier molecular flexibility index (Phi) is 10.5. The first-order valence-corrected chi connectivity index (χ1v) is 6.31. The molecule has 2 N–H and O–H groups in total. The van der Waals surface area contributed by atoms with Crippen LogP contribution in [0.5, 0.6) is 0 Å². The Hall–Kier alpha value is -0.610. The second-order valence-electron chi connectivity index (χ2n) is 3.68. The van der Waals surface area contributed by atoms with Crippen molar-refractivity contribution in [2.24, 2.45) is 0 Å². The van der Waals surface area contributed by atoms with E-state index in [2.05, 4.69) is 5.32 Å². The predicted molar refractivity (Wildman–Crippen MR) is 64.3 cm³/mol. The van der Waals surface area contributed by atoms with Gasteiger partial charge in [0.15, 0.2) is 0 Å². The van der Waals surface area contributed by atoms with E-state index >= 15 is 0 Å². The summed E-state index contributed by atoms with van der Waals surface area (Å²) in [5, 5.41) is 11.4. The van der Waals surface area contributed by atoms with E-state index in [0.717, 1.165) is 12.8 Å². The van der Waals surface area contributed by atoms with Crippen LogP contribution in [0.1, 0.15) is 46.0 Å². The molecule has 1 saturated carbocycles. The van der Waals surface area contributed by atoms with Gasteiger partial charge in [0.25, 0.3) is 0 Å². The molecule has 1 amide bonds. The van der Waals surface area contributed by atoms with E-state index in [0.29, 0.717) is 6.04 Å². The van der Waals surface area contributed by atoms with Gasteiger partial charge < -0.3 is 15.2 Å². The molecule has 0 aromatic carbocycles. The molecule has 0 aliphatic heterocycles. The van der Waals surface area contributed by atoms with Crippen LogP contribution >= 0.6 is 0 Å². The highest BCUT2D eigenvalue weighted by Crippen LogP contribution is 2.17. The molecule has 1 rings (SSSR count). The molecular formula is C12H25NO3. The fraction of sp³-hybridized carbons (Fsp3) is 0.917. The van der Waals surface area contributed by atoms with E-state index in [9.17, 15) is 4.79 Å². The Morgan fingerprint density at radius 2 is 1.94 bits per heavy atom. The van der Waals surface area contributed by atoms with Crippen LogP contribution < -0.4 is 5.32 Å². The molecule has 0 saturated heterocycles. The van der Waals surface area contributed by atoms with Crippen LogP contribution in [-0.2, 0) is 9.53 Å².